The summed E-state index contributed by atoms with van der Waals surface area (Å²) in [7, 11) is 1.58. The highest BCUT2D eigenvalue weighted by Gasteiger charge is 2.18. The van der Waals surface area contributed by atoms with Crippen molar-refractivity contribution in [3.05, 3.63) is 60.2 Å². The number of nitrogens with one attached hydrogen (secondary N) is 1. The van der Waals surface area contributed by atoms with Crippen LogP contribution in [0.4, 0.5) is 5.69 Å². The van der Waals surface area contributed by atoms with Crippen molar-refractivity contribution < 1.29 is 19.4 Å². The highest BCUT2D eigenvalue weighted by atomic mass is 16.5. The van der Waals surface area contributed by atoms with E-state index >= 15 is 0 Å². The molecule has 6 nitrogen and oxygen atoms in total. The van der Waals surface area contributed by atoms with Gasteiger partial charge in [0, 0.05) is 11.3 Å². The minimum atomic E-state index is -0.991. The van der Waals surface area contributed by atoms with Gasteiger partial charge in [0.1, 0.15) is 12.3 Å². The Kier molecular flexibility index (Phi) is 6.39. The summed E-state index contributed by atoms with van der Waals surface area (Å²) in [6.45, 7) is 1.57. The van der Waals surface area contributed by atoms with Crippen molar-refractivity contribution in [2.24, 2.45) is 0 Å². The van der Waals surface area contributed by atoms with Gasteiger partial charge in [0.25, 0.3) is 0 Å². The monoisotopic (exact) mass is 342 g/mol. The number of para-hydroxylation sites is 2. The second-order valence-corrected chi connectivity index (χ2v) is 5.62. The SMILES string of the molecule is COc1ccccc1C(C)NC(=O)CN(CC(=O)O)c1ccccc1. The molecule has 0 aromatic heterocycles. The molecule has 2 rings (SSSR count). The van der Waals surface area contributed by atoms with Crippen LogP contribution in [0.5, 0.6) is 5.75 Å². The van der Waals surface area contributed by atoms with Crippen molar-refractivity contribution in [3.63, 3.8) is 0 Å². The molecule has 6 heteroatoms. The summed E-state index contributed by atoms with van der Waals surface area (Å²) in [4.78, 5) is 25.0. The average Bonchev–Trinajstić information content (AvgIpc) is 2.61. The number of carboxylic acid groups (broad SMARTS) is 1. The number of carbonyl (C=O) groups excluding carboxylic acids is 1. The lowest BCUT2D eigenvalue weighted by atomic mass is 10.1. The molecule has 0 saturated carbocycles. The maximum Gasteiger partial charge on any atom is 0.323 e. The molecule has 1 amide bonds. The van der Waals surface area contributed by atoms with E-state index in [1.54, 1.807) is 31.4 Å². The fourth-order valence-corrected chi connectivity index (χ4v) is 2.60. The van der Waals surface area contributed by atoms with Crippen molar-refractivity contribution >= 4 is 17.6 Å². The van der Waals surface area contributed by atoms with E-state index in [9.17, 15) is 9.59 Å². The van der Waals surface area contributed by atoms with Gasteiger partial charge in [0.2, 0.25) is 5.91 Å². The molecule has 0 heterocycles. The molecule has 0 saturated heterocycles. The van der Waals surface area contributed by atoms with Crippen LogP contribution in [0.3, 0.4) is 0 Å². The summed E-state index contributed by atoms with van der Waals surface area (Å²) in [6, 6.07) is 16.2. The summed E-state index contributed by atoms with van der Waals surface area (Å²) in [5.74, 6) is -0.557. The van der Waals surface area contributed by atoms with Gasteiger partial charge in [-0.05, 0) is 25.1 Å². The lowest BCUT2D eigenvalue weighted by Crippen LogP contribution is -2.40. The molecule has 2 aromatic rings. The quantitative estimate of drug-likeness (QED) is 0.770. The lowest BCUT2D eigenvalue weighted by molar-refractivity contribution is -0.135. The van der Waals surface area contributed by atoms with E-state index < -0.39 is 5.97 Å². The first-order valence-electron chi connectivity index (χ1n) is 7.95. The van der Waals surface area contributed by atoms with Crippen LogP contribution in [0.1, 0.15) is 18.5 Å². The van der Waals surface area contributed by atoms with E-state index in [4.69, 9.17) is 9.84 Å². The third-order valence-corrected chi connectivity index (χ3v) is 3.76. The van der Waals surface area contributed by atoms with Crippen LogP contribution in [-0.2, 0) is 9.59 Å². The number of hydrogen-bond donors (Lipinski definition) is 2. The van der Waals surface area contributed by atoms with Gasteiger partial charge < -0.3 is 20.1 Å². The summed E-state index contributed by atoms with van der Waals surface area (Å²) >= 11 is 0. The maximum absolute atomic E-state index is 12.4. The molecule has 25 heavy (non-hydrogen) atoms. The van der Waals surface area contributed by atoms with E-state index in [-0.39, 0.29) is 25.0 Å². The minimum Gasteiger partial charge on any atom is -0.496 e. The predicted molar refractivity (Wildman–Crippen MR) is 95.8 cm³/mol. The number of nitrogens with zero attached hydrogens (tertiary/aromatic N) is 1. The maximum atomic E-state index is 12.4. The van der Waals surface area contributed by atoms with Gasteiger partial charge in [-0.25, -0.2) is 0 Å². The largest absolute Gasteiger partial charge is 0.496 e. The van der Waals surface area contributed by atoms with Gasteiger partial charge in [-0.1, -0.05) is 36.4 Å². The number of methoxy groups -OCH3 is 1. The van der Waals surface area contributed by atoms with Gasteiger partial charge in [-0.15, -0.1) is 0 Å². The number of hydrogen-bond acceptors (Lipinski definition) is 4. The number of aliphatic carboxylic acids is 1. The normalized spacial score (nSPS) is 11.4. The molecule has 132 valence electrons. The van der Waals surface area contributed by atoms with Crippen LogP contribution in [-0.4, -0.2) is 37.2 Å². The van der Waals surface area contributed by atoms with Crippen LogP contribution < -0.4 is 15.0 Å². The molecule has 0 aliphatic rings. The van der Waals surface area contributed by atoms with Gasteiger partial charge >= 0.3 is 5.97 Å². The Hall–Kier alpha value is -3.02. The van der Waals surface area contributed by atoms with E-state index in [0.717, 1.165) is 5.56 Å². The standard InChI is InChI=1S/C19H22N2O4/c1-14(16-10-6-7-11-17(16)25-2)20-18(22)12-21(13-19(23)24)15-8-4-3-5-9-15/h3-11,14H,12-13H2,1-2H3,(H,20,22)(H,23,24). The highest BCUT2D eigenvalue weighted by molar-refractivity contribution is 5.84. The summed E-state index contributed by atoms with van der Waals surface area (Å²) < 4.78 is 5.31. The summed E-state index contributed by atoms with van der Waals surface area (Å²) in [5.41, 5.74) is 1.55. The van der Waals surface area contributed by atoms with Crippen molar-refractivity contribution in [1.29, 1.82) is 0 Å². The summed E-state index contributed by atoms with van der Waals surface area (Å²) in [6.07, 6.45) is 0. The molecule has 0 radical (unpaired) electrons. The average molecular weight is 342 g/mol. The Morgan fingerprint density at radius 1 is 1.08 bits per heavy atom. The van der Waals surface area contributed by atoms with E-state index in [1.807, 2.05) is 37.3 Å². The van der Waals surface area contributed by atoms with Crippen molar-refractivity contribution in [1.82, 2.24) is 5.32 Å². The Morgan fingerprint density at radius 3 is 2.36 bits per heavy atom. The number of amides is 1. The molecule has 0 bridgehead atoms. The lowest BCUT2D eigenvalue weighted by Gasteiger charge is -2.24. The van der Waals surface area contributed by atoms with Crippen molar-refractivity contribution in [2.45, 2.75) is 13.0 Å². The Labute approximate surface area is 147 Å². The fraction of sp³-hybridized carbons (Fsp3) is 0.263. The number of carbonyl (C=O) groups is 2. The van der Waals surface area contributed by atoms with Crippen LogP contribution >= 0.6 is 0 Å². The molecule has 0 spiro atoms. The van der Waals surface area contributed by atoms with Crippen LogP contribution in [0, 0.1) is 0 Å². The number of anilines is 1. The third-order valence-electron chi connectivity index (χ3n) is 3.76. The first-order chi connectivity index (χ1) is 12.0. The predicted octanol–water partition coefficient (Wildman–Crippen LogP) is 2.46. The van der Waals surface area contributed by atoms with Gasteiger partial charge in [0.05, 0.1) is 19.7 Å². The zero-order valence-electron chi connectivity index (χ0n) is 14.3. The third kappa shape index (κ3) is 5.24. The first kappa shape index (κ1) is 18.3. The molecule has 2 aromatic carbocycles. The van der Waals surface area contributed by atoms with Crippen LogP contribution in [0.25, 0.3) is 0 Å². The smallest absolute Gasteiger partial charge is 0.323 e. The number of carboxylic acids is 1. The van der Waals surface area contributed by atoms with Crippen molar-refractivity contribution in [3.8, 4) is 5.75 Å². The number of rotatable bonds is 8. The van der Waals surface area contributed by atoms with Gasteiger partial charge in [-0.3, -0.25) is 9.59 Å². The van der Waals surface area contributed by atoms with Gasteiger partial charge in [-0.2, -0.15) is 0 Å². The van der Waals surface area contributed by atoms with Crippen molar-refractivity contribution in [2.75, 3.05) is 25.1 Å². The molecule has 1 atom stereocenters. The Morgan fingerprint density at radius 2 is 1.72 bits per heavy atom. The fourth-order valence-electron chi connectivity index (χ4n) is 2.60. The van der Waals surface area contributed by atoms with E-state index in [0.29, 0.717) is 11.4 Å². The molecule has 0 aliphatic carbocycles. The molecule has 1 unspecified atom stereocenters. The molecular weight excluding hydrogens is 320 g/mol. The Balaban J connectivity index is 2.07. The minimum absolute atomic E-state index is 0.0458. The molecular formula is C19H22N2O4. The zero-order chi connectivity index (χ0) is 18.2. The molecule has 0 fully saturated rings. The molecule has 2 N–H and O–H groups in total. The Bertz CT molecular complexity index is 718. The number of ether oxygens (including phenoxy) is 1. The van der Waals surface area contributed by atoms with Crippen LogP contribution in [0.15, 0.2) is 54.6 Å². The summed E-state index contributed by atoms with van der Waals surface area (Å²) in [5, 5.41) is 12.0. The van der Waals surface area contributed by atoms with E-state index in [2.05, 4.69) is 5.32 Å². The zero-order valence-corrected chi connectivity index (χ0v) is 14.3. The number of benzene rings is 2. The second-order valence-electron chi connectivity index (χ2n) is 5.62. The van der Waals surface area contributed by atoms with E-state index in [1.165, 1.54) is 4.90 Å². The van der Waals surface area contributed by atoms with Gasteiger partial charge in [0.15, 0.2) is 0 Å². The first-order valence-corrected chi connectivity index (χ1v) is 7.95. The topological polar surface area (TPSA) is 78.9 Å². The molecule has 0 aliphatic heterocycles. The van der Waals surface area contributed by atoms with Crippen LogP contribution in [0.2, 0.25) is 0 Å². The highest BCUT2D eigenvalue weighted by Crippen LogP contribution is 2.24. The second kappa shape index (κ2) is 8.73.